The average molecular weight is 296 g/mol. The number of aldehydes is 1. The summed E-state index contributed by atoms with van der Waals surface area (Å²) in [7, 11) is 3.25. The van der Waals surface area contributed by atoms with Crippen LogP contribution in [0.4, 0.5) is 0 Å². The number of amidine groups is 1. The normalized spacial score (nSPS) is 12.0. The Balaban J connectivity index is 0.000000885. The lowest BCUT2D eigenvalue weighted by Crippen LogP contribution is -2.20. The van der Waals surface area contributed by atoms with E-state index in [-0.39, 0.29) is 0 Å². The Morgan fingerprint density at radius 1 is 1.38 bits per heavy atom. The molecule has 0 amide bonds. The van der Waals surface area contributed by atoms with Crippen molar-refractivity contribution in [2.75, 3.05) is 20.8 Å². The van der Waals surface area contributed by atoms with Gasteiger partial charge in [0, 0.05) is 26.3 Å². The fourth-order valence-electron chi connectivity index (χ4n) is 1.32. The number of aliphatic imine (C=N–C) groups is 1. The van der Waals surface area contributed by atoms with Crippen LogP contribution in [0.5, 0.6) is 5.75 Å². The first-order valence-corrected chi connectivity index (χ1v) is 6.74. The fourth-order valence-corrected chi connectivity index (χ4v) is 1.32. The smallest absolute Gasteiger partial charge is 0.160 e. The van der Waals surface area contributed by atoms with Gasteiger partial charge in [0.25, 0.3) is 0 Å². The van der Waals surface area contributed by atoms with E-state index in [0.29, 0.717) is 18.0 Å². The Morgan fingerprint density at radius 3 is 2.29 bits per heavy atom. The molecule has 0 saturated carbocycles. The Morgan fingerprint density at radius 2 is 1.95 bits per heavy atom. The van der Waals surface area contributed by atoms with Gasteiger partial charge in [-0.1, -0.05) is 6.92 Å². The van der Waals surface area contributed by atoms with Crippen LogP contribution >= 0.6 is 0 Å². The fraction of sp³-hybridized carbons (Fsp3) is 0.467. The van der Waals surface area contributed by atoms with Crippen LogP contribution in [0.2, 0.25) is 0 Å². The maximum atomic E-state index is 10.6. The third kappa shape index (κ3) is 7.43. The van der Waals surface area contributed by atoms with Gasteiger partial charge in [0.05, 0.1) is 0 Å². The third-order valence-corrected chi connectivity index (χ3v) is 2.59. The van der Waals surface area contributed by atoms with Gasteiger partial charge in [0.2, 0.25) is 0 Å². The highest BCUT2D eigenvalue weighted by Crippen LogP contribution is 2.14. The second-order valence-corrected chi connectivity index (χ2v) is 3.99. The number of carbonyl (C=O) groups excluding carboxylic acids is 1. The molecule has 0 spiro atoms. The van der Waals surface area contributed by atoms with Gasteiger partial charge >= 0.3 is 0 Å². The molecule has 1 unspecified atom stereocenters. The number of nitrogens with zero attached hydrogens (tertiary/aromatic N) is 1. The Hall–Kier alpha value is -1.92. The summed E-state index contributed by atoms with van der Waals surface area (Å²) in [4.78, 5) is 14.5. The van der Waals surface area contributed by atoms with Crippen LogP contribution in [0.15, 0.2) is 29.3 Å². The molecule has 0 fully saturated rings. The van der Waals surface area contributed by atoms with Crippen LogP contribution in [0.1, 0.15) is 25.8 Å². The highest BCUT2D eigenvalue weighted by molar-refractivity contribution is 5.97. The monoisotopic (exact) mass is 296 g/mol. The van der Waals surface area contributed by atoms with Crippen molar-refractivity contribution >= 4 is 12.1 Å². The van der Waals surface area contributed by atoms with Gasteiger partial charge in [-0.25, -0.2) is 0 Å². The van der Waals surface area contributed by atoms with Crippen LogP contribution in [0.3, 0.4) is 0 Å². The van der Waals surface area contributed by atoms with Crippen LogP contribution in [-0.4, -0.2) is 44.2 Å². The molecule has 1 atom stereocenters. The summed E-state index contributed by atoms with van der Waals surface area (Å²) in [5.74, 6) is 0.986. The summed E-state index contributed by atoms with van der Waals surface area (Å²) in [5, 5.41) is 8.81. The zero-order chi connectivity index (χ0) is 16.1. The van der Waals surface area contributed by atoms with Gasteiger partial charge in [-0.05, 0) is 37.6 Å². The molecule has 0 bridgehead atoms. The first-order chi connectivity index (χ1) is 10.2. The standard InChI is InChI=1S/C12H16N2O3.C3H8O/c1-3-10(8-15)17-11-6-4-9(5-7-11)12(13-2)14-16;1-3-4-2/h4-8,10,16H,3H2,1-2H3,(H,13,14);3H2,1-2H3. The first-order valence-electron chi connectivity index (χ1n) is 6.74. The van der Waals surface area contributed by atoms with Gasteiger partial charge < -0.3 is 9.47 Å². The van der Waals surface area contributed by atoms with Crippen molar-refractivity contribution in [3.05, 3.63) is 29.8 Å². The van der Waals surface area contributed by atoms with Gasteiger partial charge in [-0.15, -0.1) is 0 Å². The number of carbonyl (C=O) groups is 1. The van der Waals surface area contributed by atoms with E-state index in [4.69, 9.17) is 9.94 Å². The molecule has 21 heavy (non-hydrogen) atoms. The maximum Gasteiger partial charge on any atom is 0.160 e. The number of hydroxylamine groups is 1. The molecule has 0 aliphatic heterocycles. The molecule has 6 nitrogen and oxygen atoms in total. The predicted octanol–water partition coefficient (Wildman–Crippen LogP) is 2.05. The lowest BCUT2D eigenvalue weighted by atomic mass is 10.2. The molecule has 0 aliphatic carbocycles. The molecule has 6 heteroatoms. The number of benzene rings is 1. The zero-order valence-corrected chi connectivity index (χ0v) is 13.0. The van der Waals surface area contributed by atoms with Gasteiger partial charge in [-0.2, -0.15) is 0 Å². The Labute approximate surface area is 125 Å². The number of nitrogens with one attached hydrogen (secondary N) is 1. The summed E-state index contributed by atoms with van der Waals surface area (Å²) in [6.07, 6.45) is 0.990. The second kappa shape index (κ2) is 11.9. The van der Waals surface area contributed by atoms with Gasteiger partial charge in [0.15, 0.2) is 18.2 Å². The highest BCUT2D eigenvalue weighted by atomic mass is 16.5. The molecule has 0 aliphatic rings. The van der Waals surface area contributed by atoms with Crippen LogP contribution in [0, 0.1) is 0 Å². The Kier molecular flexibility index (Phi) is 10.8. The largest absolute Gasteiger partial charge is 0.483 e. The van der Waals surface area contributed by atoms with Crippen molar-refractivity contribution in [2.24, 2.45) is 4.99 Å². The number of ether oxygens (including phenoxy) is 2. The molecule has 0 saturated heterocycles. The van der Waals surface area contributed by atoms with Crippen molar-refractivity contribution < 1.29 is 19.5 Å². The summed E-state index contributed by atoms with van der Waals surface area (Å²) in [6.45, 7) is 4.66. The summed E-state index contributed by atoms with van der Waals surface area (Å²) in [5.41, 5.74) is 2.74. The Bertz CT molecular complexity index is 416. The molecule has 2 N–H and O–H groups in total. The van der Waals surface area contributed by atoms with Crippen LogP contribution in [0.25, 0.3) is 0 Å². The van der Waals surface area contributed by atoms with Crippen molar-refractivity contribution in [3.63, 3.8) is 0 Å². The molecular weight excluding hydrogens is 272 g/mol. The van der Waals surface area contributed by atoms with E-state index in [0.717, 1.165) is 18.5 Å². The topological polar surface area (TPSA) is 80.2 Å². The summed E-state index contributed by atoms with van der Waals surface area (Å²) in [6, 6.07) is 6.95. The van der Waals surface area contributed by atoms with E-state index >= 15 is 0 Å². The van der Waals surface area contributed by atoms with Crippen molar-refractivity contribution in [2.45, 2.75) is 26.4 Å². The second-order valence-electron chi connectivity index (χ2n) is 3.99. The quantitative estimate of drug-likeness (QED) is 0.363. The molecule has 1 aromatic rings. The first kappa shape index (κ1) is 19.1. The third-order valence-electron chi connectivity index (χ3n) is 2.59. The zero-order valence-electron chi connectivity index (χ0n) is 13.0. The molecule has 0 aromatic heterocycles. The molecular formula is C15H24N2O4. The van der Waals surface area contributed by atoms with Crippen molar-refractivity contribution in [1.29, 1.82) is 0 Å². The molecule has 1 rings (SSSR count). The minimum absolute atomic E-state index is 0.374. The van der Waals surface area contributed by atoms with E-state index in [1.807, 2.05) is 19.3 Å². The number of rotatable bonds is 6. The van der Waals surface area contributed by atoms with E-state index < -0.39 is 6.10 Å². The molecule has 0 heterocycles. The molecule has 1 aromatic carbocycles. The van der Waals surface area contributed by atoms with Crippen molar-refractivity contribution in [3.8, 4) is 5.75 Å². The highest BCUT2D eigenvalue weighted by Gasteiger charge is 2.06. The van der Waals surface area contributed by atoms with Gasteiger partial charge in [-0.3, -0.25) is 20.5 Å². The lowest BCUT2D eigenvalue weighted by Gasteiger charge is -2.11. The van der Waals surface area contributed by atoms with Crippen LogP contribution < -0.4 is 10.2 Å². The molecule has 0 radical (unpaired) electrons. The van der Waals surface area contributed by atoms with Crippen molar-refractivity contribution in [1.82, 2.24) is 5.48 Å². The minimum atomic E-state index is -0.420. The average Bonchev–Trinajstić information content (AvgIpc) is 2.55. The number of hydrogen-bond acceptors (Lipinski definition) is 5. The summed E-state index contributed by atoms with van der Waals surface area (Å²) >= 11 is 0. The predicted molar refractivity (Wildman–Crippen MR) is 82.1 cm³/mol. The van der Waals surface area contributed by atoms with Gasteiger partial charge in [0.1, 0.15) is 5.75 Å². The number of hydrogen-bond donors (Lipinski definition) is 2. The minimum Gasteiger partial charge on any atom is -0.483 e. The number of methoxy groups -OCH3 is 1. The SMILES string of the molecule is CCC(C=O)Oc1ccc(C(=NC)NO)cc1.CCOC. The maximum absolute atomic E-state index is 10.6. The van der Waals surface area contributed by atoms with E-state index in [2.05, 4.69) is 9.73 Å². The van der Waals surface area contributed by atoms with E-state index in [1.54, 1.807) is 38.4 Å². The summed E-state index contributed by atoms with van der Waals surface area (Å²) < 4.78 is 9.97. The van der Waals surface area contributed by atoms with E-state index in [9.17, 15) is 4.79 Å². The van der Waals surface area contributed by atoms with Crippen LogP contribution in [-0.2, 0) is 9.53 Å². The van der Waals surface area contributed by atoms with E-state index in [1.165, 1.54) is 0 Å². The molecule has 118 valence electrons. The lowest BCUT2D eigenvalue weighted by molar-refractivity contribution is -0.113.